The van der Waals surface area contributed by atoms with Gasteiger partial charge in [-0.3, -0.25) is 9.11 Å². The van der Waals surface area contributed by atoms with Crippen molar-refractivity contribution in [3.63, 3.8) is 0 Å². The molecule has 0 aliphatic heterocycles. The van der Waals surface area contributed by atoms with Crippen LogP contribution in [0.4, 0.5) is 52.0 Å². The molecule has 0 amide bonds. The monoisotopic (exact) mass is 820 g/mol. The highest BCUT2D eigenvalue weighted by molar-refractivity contribution is 7.86. The molecule has 0 aliphatic carbocycles. The summed E-state index contributed by atoms with van der Waals surface area (Å²) >= 11 is 0. The maximum atomic E-state index is 11.5. The summed E-state index contributed by atoms with van der Waals surface area (Å²) in [6.45, 7) is 1.61. The van der Waals surface area contributed by atoms with Gasteiger partial charge in [-0.1, -0.05) is 13.0 Å². The highest BCUT2D eigenvalue weighted by Gasteiger charge is 2.15. The molecule has 0 fully saturated rings. The van der Waals surface area contributed by atoms with Gasteiger partial charge in [0.1, 0.15) is 11.4 Å². The Morgan fingerprint density at radius 3 is 1.86 bits per heavy atom. The van der Waals surface area contributed by atoms with Gasteiger partial charge in [0.25, 0.3) is 20.2 Å². The predicted octanol–water partition coefficient (Wildman–Crippen LogP) is 6.70. The van der Waals surface area contributed by atoms with Crippen LogP contribution in [0.5, 0.6) is 5.75 Å². The zero-order chi connectivity index (χ0) is 41.3. The quantitative estimate of drug-likeness (QED) is 0.0379. The first kappa shape index (κ1) is 41.2. The molecule has 0 saturated heterocycles. The molecule has 0 radical (unpaired) electrons. The number of ether oxygens (including phenoxy) is 1. The molecule has 0 unspecified atom stereocenters. The van der Waals surface area contributed by atoms with Crippen LogP contribution in [0.2, 0.25) is 0 Å². The number of nitrogens with one attached hydrogen (secondary N) is 3. The standard InChI is InChI=1S/C34H32N10O11S2/c1-3-19-14-22(7-9-27(19)43-42-25-15-20(30(45)46)13-21(16-25)31(47)48)36-33-38-32(35-11-12-56(49,50)51)39-34(40-33)37-23-8-10-28(29(18-23)55-2)44-41-24-5-4-6-26(17-24)57(52,53)54/h4-10,13-18H,3,11-12H2,1-2H3,(H,45,46)(H,47,48)(H,49,50,51)(H,52,53,54)(H3,35,36,37,38,39,40). The van der Waals surface area contributed by atoms with Gasteiger partial charge in [0.05, 0.1) is 45.9 Å². The van der Waals surface area contributed by atoms with Crippen molar-refractivity contribution in [1.82, 2.24) is 15.0 Å². The second kappa shape index (κ2) is 17.7. The lowest BCUT2D eigenvalue weighted by molar-refractivity contribution is 0.0696. The third kappa shape index (κ3) is 11.8. The Balaban J connectivity index is 1.40. The van der Waals surface area contributed by atoms with Gasteiger partial charge in [0.15, 0.2) is 0 Å². The number of hydrogen-bond donors (Lipinski definition) is 7. The molecule has 0 saturated carbocycles. The molecule has 57 heavy (non-hydrogen) atoms. The van der Waals surface area contributed by atoms with E-state index in [-0.39, 0.29) is 63.2 Å². The van der Waals surface area contributed by atoms with Crippen LogP contribution in [0, 0.1) is 0 Å². The minimum absolute atomic E-state index is 0.00855. The number of rotatable bonds is 17. The Morgan fingerprint density at radius 2 is 1.28 bits per heavy atom. The van der Waals surface area contributed by atoms with E-state index in [1.807, 2.05) is 6.92 Å². The first-order chi connectivity index (χ1) is 27.0. The van der Waals surface area contributed by atoms with Crippen LogP contribution in [0.25, 0.3) is 0 Å². The number of hydrogen-bond acceptors (Lipinski definition) is 17. The Bertz CT molecular complexity index is 2590. The van der Waals surface area contributed by atoms with Gasteiger partial charge >= 0.3 is 11.9 Å². The molecule has 4 aromatic carbocycles. The van der Waals surface area contributed by atoms with E-state index in [1.54, 1.807) is 36.4 Å². The van der Waals surface area contributed by atoms with E-state index in [4.69, 9.17) is 4.74 Å². The van der Waals surface area contributed by atoms with E-state index in [1.165, 1.54) is 37.4 Å². The van der Waals surface area contributed by atoms with Crippen molar-refractivity contribution < 1.29 is 50.5 Å². The molecule has 5 rings (SSSR count). The molecule has 1 heterocycles. The SMILES string of the molecule is CCc1cc(Nc2nc(NCCS(=O)(=O)O)nc(Nc3ccc(N=Nc4cccc(S(=O)(=O)O)c4)c(OC)c3)n2)ccc1N=Nc1cc(C(=O)O)cc(C(=O)O)c1. The average molecular weight is 821 g/mol. The Morgan fingerprint density at radius 1 is 0.702 bits per heavy atom. The minimum Gasteiger partial charge on any atom is -0.494 e. The van der Waals surface area contributed by atoms with Gasteiger partial charge in [0, 0.05) is 24.0 Å². The summed E-state index contributed by atoms with van der Waals surface area (Å²) in [5.41, 5.74) is 1.91. The van der Waals surface area contributed by atoms with Crippen LogP contribution in [0.15, 0.2) is 104 Å². The Kier molecular flexibility index (Phi) is 12.8. The summed E-state index contributed by atoms with van der Waals surface area (Å²) in [5, 5.41) is 43.9. The van der Waals surface area contributed by atoms with Gasteiger partial charge in [-0.15, -0.1) is 5.11 Å². The van der Waals surface area contributed by atoms with Gasteiger partial charge < -0.3 is 30.9 Å². The van der Waals surface area contributed by atoms with Crippen molar-refractivity contribution in [3.05, 3.63) is 95.6 Å². The number of aryl methyl sites for hydroxylation is 1. The summed E-state index contributed by atoms with van der Waals surface area (Å²) in [7, 11) is -7.36. The summed E-state index contributed by atoms with van der Waals surface area (Å²) in [6, 6.07) is 18.3. The van der Waals surface area contributed by atoms with Crippen molar-refractivity contribution >= 4 is 84.1 Å². The normalized spacial score (nSPS) is 11.8. The number of anilines is 5. The fraction of sp³-hybridized carbons (Fsp3) is 0.147. The van der Waals surface area contributed by atoms with Crippen LogP contribution in [-0.4, -0.2) is 82.5 Å². The number of benzene rings is 4. The van der Waals surface area contributed by atoms with E-state index >= 15 is 0 Å². The highest BCUT2D eigenvalue weighted by atomic mass is 32.2. The number of aromatic nitrogens is 3. The molecule has 0 atom stereocenters. The van der Waals surface area contributed by atoms with E-state index < -0.39 is 37.9 Å². The van der Waals surface area contributed by atoms with Gasteiger partial charge in [0.2, 0.25) is 17.8 Å². The number of carboxylic acids is 2. The maximum absolute atomic E-state index is 11.5. The van der Waals surface area contributed by atoms with Crippen LogP contribution in [-0.2, 0) is 26.7 Å². The number of methoxy groups -OCH3 is 1. The second-order valence-corrected chi connectivity index (χ2v) is 14.6. The lowest BCUT2D eigenvalue weighted by atomic mass is 10.1. The first-order valence-electron chi connectivity index (χ1n) is 16.3. The number of carboxylic acid groups (broad SMARTS) is 2. The number of carbonyl (C=O) groups is 2. The van der Waals surface area contributed by atoms with E-state index in [2.05, 4.69) is 51.4 Å². The number of aromatic carboxylic acids is 2. The zero-order valence-electron chi connectivity index (χ0n) is 29.7. The molecule has 0 aliphatic rings. The molecule has 23 heteroatoms. The summed E-state index contributed by atoms with van der Waals surface area (Å²) < 4.78 is 69.6. The fourth-order valence-electron chi connectivity index (χ4n) is 4.84. The van der Waals surface area contributed by atoms with Gasteiger partial charge in [-0.2, -0.15) is 47.1 Å². The molecule has 1 aromatic heterocycles. The van der Waals surface area contributed by atoms with Crippen molar-refractivity contribution in [2.24, 2.45) is 20.5 Å². The lowest BCUT2D eigenvalue weighted by Crippen LogP contribution is -2.17. The summed E-state index contributed by atoms with van der Waals surface area (Å²) in [5.74, 6) is -3.10. The van der Waals surface area contributed by atoms with E-state index in [9.17, 15) is 45.7 Å². The smallest absolute Gasteiger partial charge is 0.335 e. The second-order valence-electron chi connectivity index (χ2n) is 11.6. The van der Waals surface area contributed by atoms with Crippen LogP contribution >= 0.6 is 0 Å². The molecule has 21 nitrogen and oxygen atoms in total. The fourth-order valence-corrected chi connectivity index (χ4v) is 5.72. The third-order valence-corrected chi connectivity index (χ3v) is 9.07. The minimum atomic E-state index is -4.45. The predicted molar refractivity (Wildman–Crippen MR) is 205 cm³/mol. The third-order valence-electron chi connectivity index (χ3n) is 7.50. The molecule has 296 valence electrons. The van der Waals surface area contributed by atoms with Crippen molar-refractivity contribution in [1.29, 1.82) is 0 Å². The van der Waals surface area contributed by atoms with Crippen LogP contribution in [0.1, 0.15) is 33.2 Å². The molecule has 0 spiro atoms. The maximum Gasteiger partial charge on any atom is 0.335 e. The van der Waals surface area contributed by atoms with Gasteiger partial charge in [-0.25, -0.2) is 9.59 Å². The lowest BCUT2D eigenvalue weighted by Gasteiger charge is -2.13. The molecular formula is C34H32N10O11S2. The summed E-state index contributed by atoms with van der Waals surface area (Å²) in [6.07, 6.45) is 0.472. The van der Waals surface area contributed by atoms with Gasteiger partial charge in [-0.05, 0) is 78.7 Å². The average Bonchev–Trinajstić information content (AvgIpc) is 3.15. The molecule has 0 bridgehead atoms. The summed E-state index contributed by atoms with van der Waals surface area (Å²) in [4.78, 5) is 35.6. The Labute approximate surface area is 324 Å². The number of nitrogens with zero attached hydrogens (tertiary/aromatic N) is 7. The van der Waals surface area contributed by atoms with Crippen LogP contribution < -0.4 is 20.7 Å². The highest BCUT2D eigenvalue weighted by Crippen LogP contribution is 2.34. The van der Waals surface area contributed by atoms with Crippen molar-refractivity contribution in [2.45, 2.75) is 18.2 Å². The molecular weight excluding hydrogens is 789 g/mol. The van der Waals surface area contributed by atoms with Crippen LogP contribution in [0.3, 0.4) is 0 Å². The molecule has 5 aromatic rings. The van der Waals surface area contributed by atoms with Crippen molar-refractivity contribution in [3.8, 4) is 5.75 Å². The Hall–Kier alpha value is -6.95. The largest absolute Gasteiger partial charge is 0.494 e. The number of azo groups is 2. The first-order valence-corrected chi connectivity index (χ1v) is 19.4. The van der Waals surface area contributed by atoms with E-state index in [0.29, 0.717) is 29.0 Å². The topological polar surface area (TPSA) is 317 Å². The van der Waals surface area contributed by atoms with E-state index in [0.717, 1.165) is 12.1 Å². The van der Waals surface area contributed by atoms with Crippen molar-refractivity contribution in [2.75, 3.05) is 35.4 Å². The zero-order valence-corrected chi connectivity index (χ0v) is 31.4. The molecule has 7 N–H and O–H groups in total.